The normalized spacial score (nSPS) is 27.1. The van der Waals surface area contributed by atoms with Crippen molar-refractivity contribution < 1.29 is 14.3 Å². The number of rotatable bonds is 12. The lowest BCUT2D eigenvalue weighted by molar-refractivity contribution is -0.137. The number of unbranched alkanes of at least 4 members (excludes halogenated alkanes) is 2. The summed E-state index contributed by atoms with van der Waals surface area (Å²) in [6.07, 6.45) is 10.8. The van der Waals surface area contributed by atoms with Gasteiger partial charge in [0.2, 0.25) is 5.91 Å². The van der Waals surface area contributed by atoms with Gasteiger partial charge in [-0.05, 0) is 87.1 Å². The van der Waals surface area contributed by atoms with E-state index in [1.54, 1.807) is 7.11 Å². The van der Waals surface area contributed by atoms with Gasteiger partial charge in [-0.1, -0.05) is 48.9 Å². The molecule has 2 aliphatic carbocycles. The minimum absolute atomic E-state index is 0.0115. The maximum absolute atomic E-state index is 13.4. The molecule has 1 saturated heterocycles. The Hall–Kier alpha value is -2.37. The Morgan fingerprint density at radius 3 is 2.62 bits per heavy atom. The number of carbonyl (C=O) groups excluding carboxylic acids is 1. The molecule has 5 nitrogen and oxygen atoms in total. The summed E-state index contributed by atoms with van der Waals surface area (Å²) in [6.45, 7) is 3.43. The fourth-order valence-corrected chi connectivity index (χ4v) is 7.35. The van der Waals surface area contributed by atoms with Gasteiger partial charge in [-0.25, -0.2) is 0 Å². The highest BCUT2D eigenvalue weighted by atomic mass is 16.5. The molecule has 5 rings (SSSR count). The van der Waals surface area contributed by atoms with Crippen LogP contribution in [0.25, 0.3) is 0 Å². The third-order valence-electron chi connectivity index (χ3n) is 9.89. The average molecular weight is 533 g/mol. The quantitative estimate of drug-likeness (QED) is 0.310. The zero-order valence-electron chi connectivity index (χ0n) is 24.3. The molecule has 2 saturated carbocycles. The van der Waals surface area contributed by atoms with Crippen LogP contribution in [-0.2, 0) is 21.4 Å². The largest absolute Gasteiger partial charge is 0.497 e. The Morgan fingerprint density at radius 1 is 1.05 bits per heavy atom. The van der Waals surface area contributed by atoms with E-state index in [4.69, 9.17) is 9.47 Å². The van der Waals surface area contributed by atoms with E-state index in [1.165, 1.54) is 30.5 Å². The van der Waals surface area contributed by atoms with Crippen molar-refractivity contribution in [3.05, 3.63) is 65.7 Å². The molecule has 0 bridgehead atoms. The number of piperidine rings is 1. The SMILES string of the molecule is COc1cccc(C23CCN(CC4CC4)CC2C(OC)CC(N(C)C(=O)CCCCCc2ccccc2)C3)c1. The van der Waals surface area contributed by atoms with Crippen LogP contribution in [0.1, 0.15) is 68.9 Å². The van der Waals surface area contributed by atoms with E-state index in [0.717, 1.165) is 69.7 Å². The molecule has 0 spiro atoms. The lowest BCUT2D eigenvalue weighted by atomic mass is 9.56. The second kappa shape index (κ2) is 12.9. The first kappa shape index (κ1) is 28.2. The molecule has 1 heterocycles. The van der Waals surface area contributed by atoms with Crippen LogP contribution < -0.4 is 4.74 Å². The number of amides is 1. The third-order valence-corrected chi connectivity index (χ3v) is 9.89. The van der Waals surface area contributed by atoms with E-state index in [0.29, 0.717) is 12.3 Å². The zero-order valence-corrected chi connectivity index (χ0v) is 24.3. The first-order valence-electron chi connectivity index (χ1n) is 15.2. The third kappa shape index (κ3) is 6.69. The van der Waals surface area contributed by atoms with Gasteiger partial charge < -0.3 is 19.3 Å². The Kier molecular flexibility index (Phi) is 9.29. The molecule has 2 aromatic carbocycles. The van der Waals surface area contributed by atoms with Crippen molar-refractivity contribution in [3.8, 4) is 5.75 Å². The highest BCUT2D eigenvalue weighted by Gasteiger charge is 2.53. The number of nitrogens with zero attached hydrogens (tertiary/aromatic N) is 2. The summed E-state index contributed by atoms with van der Waals surface area (Å²) in [5.74, 6) is 2.50. The molecule has 1 amide bonds. The Labute approximate surface area is 235 Å². The van der Waals surface area contributed by atoms with Gasteiger partial charge in [-0.2, -0.15) is 0 Å². The van der Waals surface area contributed by atoms with Gasteiger partial charge in [-0.15, -0.1) is 0 Å². The number of hydrogen-bond acceptors (Lipinski definition) is 4. The van der Waals surface area contributed by atoms with Crippen molar-refractivity contribution in [2.45, 2.75) is 81.8 Å². The Bertz CT molecular complexity index is 1070. The topological polar surface area (TPSA) is 42.0 Å². The van der Waals surface area contributed by atoms with E-state index in [2.05, 4.69) is 58.3 Å². The molecular weight excluding hydrogens is 484 g/mol. The van der Waals surface area contributed by atoms with E-state index >= 15 is 0 Å². The molecule has 212 valence electrons. The molecule has 0 N–H and O–H groups in total. The first-order valence-corrected chi connectivity index (χ1v) is 15.2. The summed E-state index contributed by atoms with van der Waals surface area (Å²) in [5, 5.41) is 0. The van der Waals surface area contributed by atoms with Crippen molar-refractivity contribution >= 4 is 5.91 Å². The van der Waals surface area contributed by atoms with Crippen LogP contribution in [0.5, 0.6) is 5.75 Å². The lowest BCUT2D eigenvalue weighted by Gasteiger charge is -2.56. The number of aryl methyl sites for hydroxylation is 1. The number of benzene rings is 2. The van der Waals surface area contributed by atoms with Gasteiger partial charge in [0.25, 0.3) is 0 Å². The van der Waals surface area contributed by atoms with Gasteiger partial charge in [0.15, 0.2) is 0 Å². The predicted molar refractivity (Wildman–Crippen MR) is 157 cm³/mol. The van der Waals surface area contributed by atoms with Crippen molar-refractivity contribution in [2.24, 2.45) is 11.8 Å². The number of methoxy groups -OCH3 is 2. The standard InChI is InChI=1S/C34H48N2O3/c1-35(33(37)16-9-5-8-13-26-11-6-4-7-12-26)29-22-32(39-3)31-25-36(24-27-17-18-27)20-19-34(31,23-29)28-14-10-15-30(21-28)38-2/h4,6-7,10-12,14-15,21,27,29,31-32H,5,8-9,13,16-20,22-25H2,1-3H3. The molecule has 0 radical (unpaired) electrons. The van der Waals surface area contributed by atoms with E-state index < -0.39 is 0 Å². The molecule has 3 fully saturated rings. The fraction of sp³-hybridized carbons (Fsp3) is 0.618. The monoisotopic (exact) mass is 532 g/mol. The van der Waals surface area contributed by atoms with E-state index in [9.17, 15) is 4.79 Å². The Balaban J connectivity index is 1.27. The number of likely N-dealkylation sites (tertiary alicyclic amines) is 1. The molecule has 39 heavy (non-hydrogen) atoms. The van der Waals surface area contributed by atoms with Gasteiger partial charge in [0.1, 0.15) is 5.75 Å². The maximum Gasteiger partial charge on any atom is 0.222 e. The van der Waals surface area contributed by atoms with Gasteiger partial charge in [0.05, 0.1) is 13.2 Å². The highest BCUT2D eigenvalue weighted by molar-refractivity contribution is 5.76. The summed E-state index contributed by atoms with van der Waals surface area (Å²) in [4.78, 5) is 18.2. The molecule has 2 aromatic rings. The second-order valence-electron chi connectivity index (χ2n) is 12.4. The van der Waals surface area contributed by atoms with Gasteiger partial charge in [-0.3, -0.25) is 4.79 Å². The van der Waals surface area contributed by atoms with Crippen LogP contribution in [0, 0.1) is 11.8 Å². The van der Waals surface area contributed by atoms with Crippen molar-refractivity contribution in [3.63, 3.8) is 0 Å². The fourth-order valence-electron chi connectivity index (χ4n) is 7.35. The zero-order chi connectivity index (χ0) is 27.2. The van der Waals surface area contributed by atoms with E-state index in [1.807, 2.05) is 20.2 Å². The number of carbonyl (C=O) groups is 1. The molecule has 5 heteroatoms. The Morgan fingerprint density at radius 2 is 1.87 bits per heavy atom. The molecule has 3 aliphatic rings. The number of hydrogen-bond donors (Lipinski definition) is 0. The first-order chi connectivity index (χ1) is 19.0. The smallest absolute Gasteiger partial charge is 0.222 e. The summed E-state index contributed by atoms with van der Waals surface area (Å²) < 4.78 is 11.9. The molecule has 0 aromatic heterocycles. The van der Waals surface area contributed by atoms with Crippen LogP contribution in [0.2, 0.25) is 0 Å². The summed E-state index contributed by atoms with van der Waals surface area (Å²) in [7, 11) is 5.66. The van der Waals surface area contributed by atoms with Crippen molar-refractivity contribution in [1.82, 2.24) is 9.80 Å². The predicted octanol–water partition coefficient (Wildman–Crippen LogP) is 6.10. The van der Waals surface area contributed by atoms with Crippen LogP contribution >= 0.6 is 0 Å². The lowest BCUT2D eigenvalue weighted by Crippen LogP contribution is -2.61. The minimum Gasteiger partial charge on any atom is -0.497 e. The molecule has 1 aliphatic heterocycles. The van der Waals surface area contributed by atoms with Crippen molar-refractivity contribution in [2.75, 3.05) is 40.9 Å². The highest BCUT2D eigenvalue weighted by Crippen LogP contribution is 2.51. The van der Waals surface area contributed by atoms with Crippen LogP contribution in [0.3, 0.4) is 0 Å². The van der Waals surface area contributed by atoms with Crippen LogP contribution in [0.4, 0.5) is 0 Å². The summed E-state index contributed by atoms with van der Waals surface area (Å²) in [5.41, 5.74) is 2.73. The van der Waals surface area contributed by atoms with Gasteiger partial charge in [0, 0.05) is 51.0 Å². The number of fused-ring (bicyclic) bond motifs is 1. The molecular formula is C34H48N2O3. The van der Waals surface area contributed by atoms with Crippen molar-refractivity contribution in [1.29, 1.82) is 0 Å². The summed E-state index contributed by atoms with van der Waals surface area (Å²) >= 11 is 0. The molecule has 4 unspecified atom stereocenters. The van der Waals surface area contributed by atoms with E-state index in [-0.39, 0.29) is 23.5 Å². The maximum atomic E-state index is 13.4. The second-order valence-corrected chi connectivity index (χ2v) is 12.4. The summed E-state index contributed by atoms with van der Waals surface area (Å²) in [6, 6.07) is 19.5. The van der Waals surface area contributed by atoms with Crippen LogP contribution in [0.15, 0.2) is 54.6 Å². The van der Waals surface area contributed by atoms with Crippen LogP contribution in [-0.4, -0.2) is 68.8 Å². The number of ether oxygens (including phenoxy) is 2. The average Bonchev–Trinajstić information content (AvgIpc) is 3.80. The van der Waals surface area contributed by atoms with Gasteiger partial charge >= 0.3 is 0 Å². The minimum atomic E-state index is -0.0115. The molecule has 4 atom stereocenters.